The van der Waals surface area contributed by atoms with Crippen molar-refractivity contribution in [1.29, 1.82) is 5.26 Å². The molecule has 2 rings (SSSR count). The Hall–Kier alpha value is -2.61. The van der Waals surface area contributed by atoms with Crippen LogP contribution in [-0.2, 0) is 0 Å². The zero-order valence-corrected chi connectivity index (χ0v) is 11.8. The molecule has 1 aliphatic rings. The lowest BCUT2D eigenvalue weighted by atomic mass is 10.1. The molecular weight excluding hydrogens is 339 g/mol. The Balaban J connectivity index is 2.26. The van der Waals surface area contributed by atoms with Crippen molar-refractivity contribution < 1.29 is 27.7 Å². The van der Waals surface area contributed by atoms with Gasteiger partial charge in [0.15, 0.2) is 0 Å². The standard InChI is InChI=1S/C12H6F3N3O4S/c13-12(14,15)23-7(4-16)5-17-10(19)8-2-1-6(18(21)22)3-9(8)11(17)20/h1-3,7H,5H2. The summed E-state index contributed by atoms with van der Waals surface area (Å²) >= 11 is -0.636. The molecule has 7 nitrogen and oxygen atoms in total. The van der Waals surface area contributed by atoms with Gasteiger partial charge >= 0.3 is 5.51 Å². The van der Waals surface area contributed by atoms with Gasteiger partial charge in [0, 0.05) is 12.1 Å². The van der Waals surface area contributed by atoms with E-state index in [2.05, 4.69) is 0 Å². The van der Waals surface area contributed by atoms with Gasteiger partial charge < -0.3 is 0 Å². The van der Waals surface area contributed by atoms with E-state index in [1.807, 2.05) is 0 Å². The van der Waals surface area contributed by atoms with Gasteiger partial charge in [-0.3, -0.25) is 24.6 Å². The van der Waals surface area contributed by atoms with Gasteiger partial charge in [-0.25, -0.2) is 0 Å². The number of alkyl halides is 3. The van der Waals surface area contributed by atoms with Crippen LogP contribution in [0.15, 0.2) is 18.2 Å². The minimum atomic E-state index is -4.70. The van der Waals surface area contributed by atoms with E-state index in [1.54, 1.807) is 0 Å². The number of halogens is 3. The first kappa shape index (κ1) is 16.8. The van der Waals surface area contributed by atoms with Crippen LogP contribution in [0.25, 0.3) is 0 Å². The van der Waals surface area contributed by atoms with Gasteiger partial charge in [0.25, 0.3) is 17.5 Å². The van der Waals surface area contributed by atoms with Crippen LogP contribution in [-0.4, -0.2) is 38.9 Å². The highest BCUT2D eigenvalue weighted by molar-refractivity contribution is 8.01. The van der Waals surface area contributed by atoms with E-state index in [0.29, 0.717) is 4.90 Å². The molecule has 1 heterocycles. The lowest BCUT2D eigenvalue weighted by molar-refractivity contribution is -0.384. The molecule has 1 unspecified atom stereocenters. The van der Waals surface area contributed by atoms with Crippen LogP contribution >= 0.6 is 11.8 Å². The van der Waals surface area contributed by atoms with Crippen molar-refractivity contribution in [2.75, 3.05) is 6.54 Å². The summed E-state index contributed by atoms with van der Waals surface area (Å²) in [5.74, 6) is -1.85. The van der Waals surface area contributed by atoms with Gasteiger partial charge in [0.2, 0.25) is 0 Å². The van der Waals surface area contributed by atoms with Crippen molar-refractivity contribution in [3.63, 3.8) is 0 Å². The van der Waals surface area contributed by atoms with Crippen LogP contribution in [0.5, 0.6) is 0 Å². The number of nitrogens with zero attached hydrogens (tertiary/aromatic N) is 3. The van der Waals surface area contributed by atoms with Gasteiger partial charge in [-0.05, 0) is 17.8 Å². The van der Waals surface area contributed by atoms with Crippen molar-refractivity contribution in [2.45, 2.75) is 10.8 Å². The summed E-state index contributed by atoms with van der Waals surface area (Å²) < 4.78 is 36.9. The summed E-state index contributed by atoms with van der Waals surface area (Å²) in [6.07, 6.45) is 0. The lowest BCUT2D eigenvalue weighted by Crippen LogP contribution is -2.36. The molecule has 0 N–H and O–H groups in total. The quantitative estimate of drug-likeness (QED) is 0.471. The molecule has 1 atom stereocenters. The average Bonchev–Trinajstić information content (AvgIpc) is 2.69. The third-order valence-corrected chi connectivity index (χ3v) is 3.74. The van der Waals surface area contributed by atoms with E-state index in [-0.39, 0.29) is 11.1 Å². The third-order valence-electron chi connectivity index (χ3n) is 2.93. The van der Waals surface area contributed by atoms with Gasteiger partial charge in [0.1, 0.15) is 5.25 Å². The van der Waals surface area contributed by atoms with E-state index >= 15 is 0 Å². The number of benzene rings is 1. The molecule has 0 aliphatic carbocycles. The van der Waals surface area contributed by atoms with Crippen molar-refractivity contribution in [1.82, 2.24) is 4.90 Å². The minimum Gasteiger partial charge on any atom is -0.272 e. The van der Waals surface area contributed by atoms with Gasteiger partial charge in [0.05, 0.1) is 28.7 Å². The topological polar surface area (TPSA) is 104 Å². The fraction of sp³-hybridized carbons (Fsp3) is 0.250. The molecule has 0 fully saturated rings. The molecule has 0 saturated heterocycles. The highest BCUT2D eigenvalue weighted by Gasteiger charge is 2.41. The maximum Gasteiger partial charge on any atom is 0.443 e. The number of hydrogen-bond donors (Lipinski definition) is 0. The number of nitro benzene ring substituents is 1. The Morgan fingerprint density at radius 1 is 1.30 bits per heavy atom. The number of nitriles is 1. The zero-order valence-electron chi connectivity index (χ0n) is 11.0. The summed E-state index contributed by atoms with van der Waals surface area (Å²) in [6, 6.07) is 4.33. The summed E-state index contributed by atoms with van der Waals surface area (Å²) in [5, 5.41) is 17.7. The molecular formula is C12H6F3N3O4S. The van der Waals surface area contributed by atoms with Crippen LogP contribution in [0.1, 0.15) is 20.7 Å². The number of hydrogen-bond acceptors (Lipinski definition) is 6. The lowest BCUT2D eigenvalue weighted by Gasteiger charge is -2.18. The SMILES string of the molecule is N#CC(CN1C(=O)c2ccc([N+](=O)[O-])cc2C1=O)SC(F)(F)F. The maximum atomic E-state index is 12.3. The molecule has 0 saturated carbocycles. The highest BCUT2D eigenvalue weighted by atomic mass is 32.2. The van der Waals surface area contributed by atoms with E-state index < -0.39 is 51.5 Å². The first-order valence-corrected chi connectivity index (χ1v) is 6.81. The molecule has 1 aromatic rings. The van der Waals surface area contributed by atoms with Crippen LogP contribution in [0.3, 0.4) is 0 Å². The molecule has 1 aliphatic heterocycles. The van der Waals surface area contributed by atoms with Crippen molar-refractivity contribution in [3.05, 3.63) is 39.4 Å². The van der Waals surface area contributed by atoms with Crippen molar-refractivity contribution >= 4 is 29.3 Å². The first-order chi connectivity index (χ1) is 10.6. The number of imide groups is 1. The van der Waals surface area contributed by atoms with Crippen LogP contribution < -0.4 is 0 Å². The molecule has 23 heavy (non-hydrogen) atoms. The number of amides is 2. The fourth-order valence-corrected chi connectivity index (χ4v) is 2.59. The molecule has 11 heteroatoms. The monoisotopic (exact) mass is 345 g/mol. The second-order valence-corrected chi connectivity index (χ2v) is 5.66. The van der Waals surface area contributed by atoms with E-state index in [4.69, 9.17) is 5.26 Å². The predicted octanol–water partition coefficient (Wildman–Crippen LogP) is 2.34. The first-order valence-electron chi connectivity index (χ1n) is 5.93. The van der Waals surface area contributed by atoms with E-state index in [9.17, 15) is 32.9 Å². The largest absolute Gasteiger partial charge is 0.443 e. The molecule has 120 valence electrons. The van der Waals surface area contributed by atoms with Crippen LogP contribution in [0, 0.1) is 21.4 Å². The van der Waals surface area contributed by atoms with Gasteiger partial charge in [-0.2, -0.15) is 18.4 Å². The summed E-state index contributed by atoms with van der Waals surface area (Å²) in [5.41, 5.74) is -5.53. The minimum absolute atomic E-state index is 0.144. The van der Waals surface area contributed by atoms with Gasteiger partial charge in [-0.1, -0.05) is 0 Å². The smallest absolute Gasteiger partial charge is 0.272 e. The Morgan fingerprint density at radius 3 is 2.43 bits per heavy atom. The molecule has 0 spiro atoms. The second kappa shape index (κ2) is 5.88. The maximum absolute atomic E-state index is 12.3. The zero-order chi connectivity index (χ0) is 17.4. The number of non-ortho nitro benzene ring substituents is 1. The summed E-state index contributed by atoms with van der Waals surface area (Å²) in [7, 11) is 0. The fourth-order valence-electron chi connectivity index (χ4n) is 1.99. The molecule has 0 bridgehead atoms. The average molecular weight is 345 g/mol. The number of rotatable bonds is 4. The Kier molecular flexibility index (Phi) is 4.28. The number of carbonyl (C=O) groups excluding carboxylic acids is 2. The molecule has 2 amide bonds. The van der Waals surface area contributed by atoms with Crippen LogP contribution in [0.4, 0.5) is 18.9 Å². The Morgan fingerprint density at radius 2 is 1.91 bits per heavy atom. The van der Waals surface area contributed by atoms with Crippen molar-refractivity contribution in [2.24, 2.45) is 0 Å². The second-order valence-electron chi connectivity index (χ2n) is 4.39. The predicted molar refractivity (Wildman–Crippen MR) is 71.5 cm³/mol. The van der Waals surface area contributed by atoms with Crippen LogP contribution in [0.2, 0.25) is 0 Å². The number of nitro groups is 1. The molecule has 1 aromatic carbocycles. The highest BCUT2D eigenvalue weighted by Crippen LogP contribution is 2.35. The Labute approximate surface area is 130 Å². The Bertz CT molecular complexity index is 744. The third kappa shape index (κ3) is 3.42. The van der Waals surface area contributed by atoms with E-state index in [1.165, 1.54) is 6.07 Å². The molecule has 0 aromatic heterocycles. The summed E-state index contributed by atoms with van der Waals surface area (Å²) in [4.78, 5) is 34.5. The molecule has 0 radical (unpaired) electrons. The number of thioether (sulfide) groups is 1. The summed E-state index contributed by atoms with van der Waals surface area (Å²) in [6.45, 7) is -0.763. The van der Waals surface area contributed by atoms with E-state index in [0.717, 1.165) is 18.2 Å². The number of fused-ring (bicyclic) bond motifs is 1. The number of carbonyl (C=O) groups is 2. The van der Waals surface area contributed by atoms with Crippen molar-refractivity contribution in [3.8, 4) is 6.07 Å². The van der Waals surface area contributed by atoms with Gasteiger partial charge in [-0.15, -0.1) is 0 Å². The normalized spacial score (nSPS) is 15.3.